The van der Waals surface area contributed by atoms with Crippen molar-refractivity contribution in [2.24, 2.45) is 0 Å². The minimum absolute atomic E-state index is 0.528. The molecule has 0 amide bonds. The molecule has 0 heterocycles. The van der Waals surface area contributed by atoms with Crippen molar-refractivity contribution in [3.05, 3.63) is 57.5 Å². The fourth-order valence-corrected chi connectivity index (χ4v) is 2.86. The van der Waals surface area contributed by atoms with Gasteiger partial charge in [-0.2, -0.15) is 0 Å². The van der Waals surface area contributed by atoms with Gasteiger partial charge in [0.1, 0.15) is 0 Å². The molecule has 0 spiro atoms. The van der Waals surface area contributed by atoms with Crippen molar-refractivity contribution in [1.29, 1.82) is 0 Å². The SMILES string of the molecule is CS(=O)(=O)Nc1cccc(NCc2ccc(Cl)c(Br)c2)c1. The van der Waals surface area contributed by atoms with Crippen LogP contribution in [-0.2, 0) is 16.6 Å². The lowest BCUT2D eigenvalue weighted by atomic mass is 10.2. The van der Waals surface area contributed by atoms with Gasteiger partial charge in [0, 0.05) is 16.7 Å². The second-order valence-electron chi connectivity index (χ2n) is 4.56. The van der Waals surface area contributed by atoms with Gasteiger partial charge in [-0.05, 0) is 51.8 Å². The van der Waals surface area contributed by atoms with Crippen LogP contribution in [0.5, 0.6) is 0 Å². The molecule has 0 atom stereocenters. The van der Waals surface area contributed by atoms with Crippen LogP contribution in [-0.4, -0.2) is 14.7 Å². The molecule has 4 nitrogen and oxygen atoms in total. The van der Waals surface area contributed by atoms with E-state index in [0.717, 1.165) is 22.0 Å². The Hall–Kier alpha value is -1.24. The van der Waals surface area contributed by atoms with Crippen molar-refractivity contribution in [2.45, 2.75) is 6.54 Å². The molecule has 0 aliphatic rings. The molecule has 0 saturated carbocycles. The number of halogens is 2. The van der Waals surface area contributed by atoms with Gasteiger partial charge in [-0.3, -0.25) is 4.72 Å². The molecule has 7 heteroatoms. The summed E-state index contributed by atoms with van der Waals surface area (Å²) in [6.45, 7) is 0.609. The molecule has 0 unspecified atom stereocenters. The number of hydrogen-bond donors (Lipinski definition) is 2. The Balaban J connectivity index is 2.06. The Morgan fingerprint density at radius 2 is 1.86 bits per heavy atom. The Morgan fingerprint density at radius 3 is 2.52 bits per heavy atom. The maximum atomic E-state index is 11.2. The smallest absolute Gasteiger partial charge is 0.229 e. The highest BCUT2D eigenvalue weighted by atomic mass is 79.9. The third-order valence-corrected chi connectivity index (χ3v) is 4.47. The molecule has 0 fully saturated rings. The number of nitrogens with one attached hydrogen (secondary N) is 2. The molecular formula is C14H14BrClN2O2S. The summed E-state index contributed by atoms with van der Waals surface area (Å²) < 4.78 is 25.7. The van der Waals surface area contributed by atoms with E-state index in [4.69, 9.17) is 11.6 Å². The first-order chi connectivity index (χ1) is 9.83. The molecule has 0 bridgehead atoms. The standard InChI is InChI=1S/C14H14BrClN2O2S/c1-21(19,20)18-12-4-2-3-11(8-12)17-9-10-5-6-14(16)13(15)7-10/h2-8,17-18H,9H2,1H3. The van der Waals surface area contributed by atoms with Crippen LogP contribution in [0.25, 0.3) is 0 Å². The average Bonchev–Trinajstić information content (AvgIpc) is 2.39. The van der Waals surface area contributed by atoms with Crippen molar-refractivity contribution in [1.82, 2.24) is 0 Å². The van der Waals surface area contributed by atoms with Crippen molar-refractivity contribution in [2.75, 3.05) is 16.3 Å². The molecule has 2 aromatic rings. The highest BCUT2D eigenvalue weighted by molar-refractivity contribution is 9.10. The van der Waals surface area contributed by atoms with Crippen LogP contribution in [0.4, 0.5) is 11.4 Å². The number of benzene rings is 2. The zero-order valence-electron chi connectivity index (χ0n) is 11.2. The molecule has 112 valence electrons. The predicted molar refractivity (Wildman–Crippen MR) is 91.4 cm³/mol. The monoisotopic (exact) mass is 388 g/mol. The molecule has 2 N–H and O–H groups in total. The Labute approximate surface area is 137 Å². The summed E-state index contributed by atoms with van der Waals surface area (Å²) in [4.78, 5) is 0. The third kappa shape index (κ3) is 5.22. The van der Waals surface area contributed by atoms with E-state index in [-0.39, 0.29) is 0 Å². The van der Waals surface area contributed by atoms with Crippen LogP contribution < -0.4 is 10.0 Å². The second kappa shape index (κ2) is 6.68. The molecule has 0 radical (unpaired) electrons. The van der Waals surface area contributed by atoms with Gasteiger partial charge in [0.2, 0.25) is 10.0 Å². The van der Waals surface area contributed by atoms with Gasteiger partial charge >= 0.3 is 0 Å². The lowest BCUT2D eigenvalue weighted by molar-refractivity contribution is 0.607. The first-order valence-corrected chi connectivity index (χ1v) is 9.15. The molecule has 0 aliphatic carbocycles. The first kappa shape index (κ1) is 16.1. The molecule has 0 saturated heterocycles. The molecule has 0 aliphatic heterocycles. The molecule has 2 aromatic carbocycles. The summed E-state index contributed by atoms with van der Waals surface area (Å²) in [6.07, 6.45) is 1.12. The van der Waals surface area contributed by atoms with Gasteiger partial charge in [0.15, 0.2) is 0 Å². The summed E-state index contributed by atoms with van der Waals surface area (Å²) in [6, 6.07) is 12.8. The molecule has 2 rings (SSSR count). The molecule has 21 heavy (non-hydrogen) atoms. The predicted octanol–water partition coefficient (Wildman–Crippen LogP) is 4.09. The summed E-state index contributed by atoms with van der Waals surface area (Å²) in [5, 5.41) is 3.90. The highest BCUT2D eigenvalue weighted by Crippen LogP contribution is 2.24. The van der Waals surface area contributed by atoms with E-state index in [0.29, 0.717) is 17.3 Å². The zero-order valence-corrected chi connectivity index (χ0v) is 14.4. The van der Waals surface area contributed by atoms with Gasteiger partial charge in [0.25, 0.3) is 0 Å². The topological polar surface area (TPSA) is 58.2 Å². The van der Waals surface area contributed by atoms with Crippen LogP contribution >= 0.6 is 27.5 Å². The van der Waals surface area contributed by atoms with Crippen LogP contribution in [0.3, 0.4) is 0 Å². The van der Waals surface area contributed by atoms with E-state index < -0.39 is 10.0 Å². The summed E-state index contributed by atoms with van der Waals surface area (Å²) in [5.74, 6) is 0. The Morgan fingerprint density at radius 1 is 1.14 bits per heavy atom. The van der Waals surface area contributed by atoms with Crippen molar-refractivity contribution in [3.8, 4) is 0 Å². The molecule has 0 aromatic heterocycles. The fourth-order valence-electron chi connectivity index (χ4n) is 1.76. The Bertz CT molecular complexity index is 750. The van der Waals surface area contributed by atoms with Gasteiger partial charge in [-0.1, -0.05) is 23.7 Å². The van der Waals surface area contributed by atoms with Gasteiger partial charge in [0.05, 0.1) is 17.0 Å². The van der Waals surface area contributed by atoms with E-state index >= 15 is 0 Å². The first-order valence-electron chi connectivity index (χ1n) is 6.09. The average molecular weight is 390 g/mol. The quantitative estimate of drug-likeness (QED) is 0.810. The maximum Gasteiger partial charge on any atom is 0.229 e. The lowest BCUT2D eigenvalue weighted by Crippen LogP contribution is -2.09. The van der Waals surface area contributed by atoms with E-state index in [2.05, 4.69) is 26.0 Å². The van der Waals surface area contributed by atoms with E-state index in [9.17, 15) is 8.42 Å². The van der Waals surface area contributed by atoms with Crippen LogP contribution in [0.15, 0.2) is 46.9 Å². The van der Waals surface area contributed by atoms with E-state index in [1.54, 1.807) is 18.2 Å². The van der Waals surface area contributed by atoms with Crippen LogP contribution in [0, 0.1) is 0 Å². The minimum Gasteiger partial charge on any atom is -0.381 e. The Kier molecular flexibility index (Phi) is 5.13. The lowest BCUT2D eigenvalue weighted by Gasteiger charge is -2.10. The van der Waals surface area contributed by atoms with E-state index in [1.807, 2.05) is 24.3 Å². The third-order valence-electron chi connectivity index (χ3n) is 2.65. The number of rotatable bonds is 5. The van der Waals surface area contributed by atoms with Crippen molar-refractivity contribution < 1.29 is 8.42 Å². The van der Waals surface area contributed by atoms with E-state index in [1.165, 1.54) is 0 Å². The van der Waals surface area contributed by atoms with Gasteiger partial charge in [-0.25, -0.2) is 8.42 Å². The largest absolute Gasteiger partial charge is 0.381 e. The number of anilines is 2. The van der Waals surface area contributed by atoms with Gasteiger partial charge in [-0.15, -0.1) is 0 Å². The van der Waals surface area contributed by atoms with Crippen molar-refractivity contribution >= 4 is 48.9 Å². The minimum atomic E-state index is -3.27. The number of hydrogen-bond acceptors (Lipinski definition) is 3. The zero-order chi connectivity index (χ0) is 15.5. The second-order valence-corrected chi connectivity index (χ2v) is 7.57. The summed E-state index contributed by atoms with van der Waals surface area (Å²) in [5.41, 5.74) is 2.42. The summed E-state index contributed by atoms with van der Waals surface area (Å²) >= 11 is 9.33. The van der Waals surface area contributed by atoms with Crippen molar-refractivity contribution in [3.63, 3.8) is 0 Å². The van der Waals surface area contributed by atoms with Crippen LogP contribution in [0.1, 0.15) is 5.56 Å². The fraction of sp³-hybridized carbons (Fsp3) is 0.143. The summed E-state index contributed by atoms with van der Waals surface area (Å²) in [7, 11) is -3.27. The maximum absolute atomic E-state index is 11.2. The number of sulfonamides is 1. The normalized spacial score (nSPS) is 11.2. The highest BCUT2D eigenvalue weighted by Gasteiger charge is 2.03. The molecular weight excluding hydrogens is 376 g/mol. The van der Waals surface area contributed by atoms with Gasteiger partial charge < -0.3 is 5.32 Å². The van der Waals surface area contributed by atoms with Crippen LogP contribution in [0.2, 0.25) is 5.02 Å².